The number of urea groups is 1. The van der Waals surface area contributed by atoms with Gasteiger partial charge in [-0.15, -0.1) is 0 Å². The molecule has 0 saturated heterocycles. The second kappa shape index (κ2) is 6.71. The number of rotatable bonds is 6. The van der Waals surface area contributed by atoms with E-state index in [-0.39, 0.29) is 6.03 Å². The number of hydrogen-bond acceptors (Lipinski definition) is 3. The molecule has 0 radical (unpaired) electrons. The molecular formula is C21H27N3O2. The predicted octanol–water partition coefficient (Wildman–Crippen LogP) is 4.67. The van der Waals surface area contributed by atoms with Crippen LogP contribution in [0.5, 0.6) is 0 Å². The van der Waals surface area contributed by atoms with Crippen LogP contribution in [-0.2, 0) is 6.54 Å². The van der Waals surface area contributed by atoms with Gasteiger partial charge in [-0.1, -0.05) is 19.1 Å². The lowest BCUT2D eigenvalue weighted by Gasteiger charge is -2.24. The Bertz CT molecular complexity index is 794. The molecule has 2 saturated carbocycles. The number of benzene rings is 1. The summed E-state index contributed by atoms with van der Waals surface area (Å²) in [7, 11) is 3.96. The Hall–Kier alpha value is -2.43. The minimum absolute atomic E-state index is 0.0560. The van der Waals surface area contributed by atoms with E-state index >= 15 is 0 Å². The molecule has 138 valence electrons. The van der Waals surface area contributed by atoms with E-state index in [1.165, 1.54) is 6.42 Å². The van der Waals surface area contributed by atoms with Gasteiger partial charge in [0.05, 0.1) is 17.9 Å². The zero-order chi connectivity index (χ0) is 18.3. The first-order chi connectivity index (χ1) is 12.5. The maximum atomic E-state index is 12.9. The van der Waals surface area contributed by atoms with Gasteiger partial charge in [-0.05, 0) is 49.4 Å². The van der Waals surface area contributed by atoms with Crippen molar-refractivity contribution in [3.05, 3.63) is 47.9 Å². The molecule has 2 fully saturated rings. The molecule has 0 bridgehead atoms. The fourth-order valence-corrected chi connectivity index (χ4v) is 3.47. The summed E-state index contributed by atoms with van der Waals surface area (Å²) in [6.07, 6.45) is 3.34. The smallest absolute Gasteiger partial charge is 0.322 e. The van der Waals surface area contributed by atoms with Gasteiger partial charge < -0.3 is 19.5 Å². The fraction of sp³-hybridized carbons (Fsp3) is 0.476. The number of hydrogen-bond donors (Lipinski definition) is 1. The van der Waals surface area contributed by atoms with Crippen LogP contribution in [0.3, 0.4) is 0 Å². The van der Waals surface area contributed by atoms with Gasteiger partial charge in [0, 0.05) is 26.1 Å². The normalized spacial score (nSPS) is 21.3. The summed E-state index contributed by atoms with van der Waals surface area (Å²) < 4.78 is 6.02. The first-order valence-corrected chi connectivity index (χ1v) is 9.45. The zero-order valence-corrected chi connectivity index (χ0v) is 15.7. The van der Waals surface area contributed by atoms with Crippen molar-refractivity contribution in [3.63, 3.8) is 0 Å². The number of carbonyl (C=O) groups excluding carboxylic acids is 1. The first kappa shape index (κ1) is 17.0. The van der Waals surface area contributed by atoms with Crippen LogP contribution >= 0.6 is 0 Å². The highest BCUT2D eigenvalue weighted by Crippen LogP contribution is 2.47. The van der Waals surface area contributed by atoms with Crippen LogP contribution in [0.4, 0.5) is 16.2 Å². The van der Waals surface area contributed by atoms with Crippen molar-refractivity contribution in [2.45, 2.75) is 44.7 Å². The topological polar surface area (TPSA) is 48.7 Å². The second-order valence-corrected chi connectivity index (χ2v) is 7.82. The van der Waals surface area contributed by atoms with Crippen LogP contribution in [0, 0.1) is 5.92 Å². The Morgan fingerprint density at radius 1 is 1.19 bits per heavy atom. The maximum Gasteiger partial charge on any atom is 0.322 e. The van der Waals surface area contributed by atoms with Crippen molar-refractivity contribution >= 4 is 17.4 Å². The molecule has 0 aliphatic heterocycles. The third-order valence-electron chi connectivity index (χ3n) is 5.36. The van der Waals surface area contributed by atoms with Crippen LogP contribution in [-0.4, -0.2) is 31.1 Å². The molecule has 4 rings (SSSR count). The molecule has 2 aliphatic rings. The lowest BCUT2D eigenvalue weighted by atomic mass is 10.2. The van der Waals surface area contributed by atoms with Crippen molar-refractivity contribution in [1.82, 2.24) is 4.90 Å². The van der Waals surface area contributed by atoms with E-state index < -0.39 is 0 Å². The average Bonchev–Trinajstić information content (AvgIpc) is 3.53. The van der Waals surface area contributed by atoms with E-state index in [9.17, 15) is 4.79 Å². The summed E-state index contributed by atoms with van der Waals surface area (Å²) in [5.74, 6) is 3.24. The third kappa shape index (κ3) is 3.57. The van der Waals surface area contributed by atoms with Gasteiger partial charge in [0.25, 0.3) is 0 Å². The van der Waals surface area contributed by atoms with E-state index in [1.54, 1.807) is 0 Å². The number of amides is 2. The van der Waals surface area contributed by atoms with E-state index in [0.717, 1.165) is 41.7 Å². The van der Waals surface area contributed by atoms with Gasteiger partial charge in [0.2, 0.25) is 0 Å². The Labute approximate surface area is 155 Å². The molecule has 0 spiro atoms. The zero-order valence-electron chi connectivity index (χ0n) is 15.7. The predicted molar refractivity (Wildman–Crippen MR) is 104 cm³/mol. The summed E-state index contributed by atoms with van der Waals surface area (Å²) >= 11 is 0. The van der Waals surface area contributed by atoms with Gasteiger partial charge in [0.1, 0.15) is 11.5 Å². The summed E-state index contributed by atoms with van der Waals surface area (Å²) in [4.78, 5) is 16.8. The SMILES string of the molecule is CC1CC1c1ccc(CN(C(=O)Nc2ccccc2N(C)C)C2CC2)o1. The molecule has 2 aromatic rings. The average molecular weight is 353 g/mol. The molecule has 5 heteroatoms. The highest BCUT2D eigenvalue weighted by molar-refractivity contribution is 5.93. The lowest BCUT2D eigenvalue weighted by molar-refractivity contribution is 0.200. The standard InChI is InChI=1S/C21H27N3O2/c1-14-12-17(14)20-11-10-16(26-20)13-24(15-8-9-15)21(25)22-18-6-4-5-7-19(18)23(2)3/h4-7,10-11,14-15,17H,8-9,12-13H2,1-3H3,(H,22,25). The molecule has 2 aliphatic carbocycles. The number of para-hydroxylation sites is 2. The minimum Gasteiger partial charge on any atom is -0.464 e. The van der Waals surface area contributed by atoms with Crippen molar-refractivity contribution in [3.8, 4) is 0 Å². The van der Waals surface area contributed by atoms with Crippen LogP contribution < -0.4 is 10.2 Å². The minimum atomic E-state index is -0.0560. The molecule has 26 heavy (non-hydrogen) atoms. The molecule has 1 N–H and O–H groups in total. The van der Waals surface area contributed by atoms with Crippen LogP contribution in [0.15, 0.2) is 40.8 Å². The van der Waals surface area contributed by atoms with Gasteiger partial charge in [-0.2, -0.15) is 0 Å². The van der Waals surface area contributed by atoms with Crippen molar-refractivity contribution in [2.75, 3.05) is 24.3 Å². The van der Waals surface area contributed by atoms with E-state index in [1.807, 2.05) is 54.2 Å². The van der Waals surface area contributed by atoms with Crippen molar-refractivity contribution in [1.29, 1.82) is 0 Å². The van der Waals surface area contributed by atoms with E-state index in [2.05, 4.69) is 18.3 Å². The quantitative estimate of drug-likeness (QED) is 0.821. The number of furan rings is 1. The molecule has 2 amide bonds. The highest BCUT2D eigenvalue weighted by Gasteiger charge is 2.37. The fourth-order valence-electron chi connectivity index (χ4n) is 3.47. The monoisotopic (exact) mass is 353 g/mol. The summed E-state index contributed by atoms with van der Waals surface area (Å²) in [6, 6.07) is 12.2. The number of anilines is 2. The van der Waals surface area contributed by atoms with Gasteiger partial charge in [0.15, 0.2) is 0 Å². The second-order valence-electron chi connectivity index (χ2n) is 7.82. The lowest BCUT2D eigenvalue weighted by Crippen LogP contribution is -2.36. The summed E-state index contributed by atoms with van der Waals surface area (Å²) in [6.45, 7) is 2.78. The van der Waals surface area contributed by atoms with Crippen LogP contribution in [0.1, 0.15) is 43.6 Å². The molecular weight excluding hydrogens is 326 g/mol. The van der Waals surface area contributed by atoms with Crippen LogP contribution in [0.2, 0.25) is 0 Å². The van der Waals surface area contributed by atoms with Crippen molar-refractivity contribution in [2.24, 2.45) is 5.92 Å². The van der Waals surface area contributed by atoms with Crippen LogP contribution in [0.25, 0.3) is 0 Å². The molecule has 1 aromatic carbocycles. The van der Waals surface area contributed by atoms with E-state index in [4.69, 9.17) is 4.42 Å². The Morgan fingerprint density at radius 2 is 1.92 bits per heavy atom. The van der Waals surface area contributed by atoms with Gasteiger partial charge in [-0.3, -0.25) is 0 Å². The Balaban J connectivity index is 1.46. The third-order valence-corrected chi connectivity index (χ3v) is 5.36. The van der Waals surface area contributed by atoms with Crippen molar-refractivity contribution < 1.29 is 9.21 Å². The van der Waals surface area contributed by atoms with E-state index in [0.29, 0.717) is 18.5 Å². The first-order valence-electron chi connectivity index (χ1n) is 9.45. The molecule has 1 aromatic heterocycles. The maximum absolute atomic E-state index is 12.9. The number of nitrogens with one attached hydrogen (secondary N) is 1. The van der Waals surface area contributed by atoms with Gasteiger partial charge in [-0.25, -0.2) is 4.79 Å². The highest BCUT2D eigenvalue weighted by atomic mass is 16.3. The summed E-state index contributed by atoms with van der Waals surface area (Å²) in [5, 5.41) is 3.09. The summed E-state index contributed by atoms with van der Waals surface area (Å²) in [5.41, 5.74) is 1.83. The molecule has 2 unspecified atom stereocenters. The molecule has 5 nitrogen and oxygen atoms in total. The molecule has 2 atom stereocenters. The Morgan fingerprint density at radius 3 is 2.58 bits per heavy atom. The molecule has 1 heterocycles. The number of nitrogens with zero attached hydrogens (tertiary/aromatic N) is 2. The largest absolute Gasteiger partial charge is 0.464 e. The van der Waals surface area contributed by atoms with Gasteiger partial charge >= 0.3 is 6.03 Å². The number of carbonyl (C=O) groups is 1. The Kier molecular flexibility index (Phi) is 4.39.